The molecule has 0 saturated carbocycles. The van der Waals surface area contributed by atoms with Crippen LogP contribution in [0.2, 0.25) is 0 Å². The normalized spacial score (nSPS) is 10.5. The van der Waals surface area contributed by atoms with Crippen molar-refractivity contribution in [2.75, 3.05) is 0 Å². The molecule has 0 aromatic heterocycles. The van der Waals surface area contributed by atoms with Crippen molar-refractivity contribution in [1.82, 2.24) is 0 Å². The molecular weight excluding hydrogens is 308 g/mol. The van der Waals surface area contributed by atoms with Crippen LogP contribution >= 0.6 is 15.9 Å². The summed E-state index contributed by atoms with van der Waals surface area (Å²) >= 11 is 3.47. The molecule has 1 heteroatoms. The first kappa shape index (κ1) is 13.1. The van der Waals surface area contributed by atoms with E-state index in [-0.39, 0.29) is 0 Å². The minimum atomic E-state index is 1.11. The zero-order valence-corrected chi connectivity index (χ0v) is 12.9. The fourth-order valence-electron chi connectivity index (χ4n) is 2.24. The van der Waals surface area contributed by atoms with E-state index in [0.29, 0.717) is 0 Å². The van der Waals surface area contributed by atoms with Gasteiger partial charge in [-0.3, -0.25) is 0 Å². The van der Waals surface area contributed by atoms with Gasteiger partial charge in [-0.15, -0.1) is 0 Å². The van der Waals surface area contributed by atoms with Crippen molar-refractivity contribution < 1.29 is 0 Å². The van der Waals surface area contributed by atoms with Gasteiger partial charge in [0.05, 0.1) is 0 Å². The molecule has 20 heavy (non-hydrogen) atoms. The predicted molar refractivity (Wildman–Crippen MR) is 89.8 cm³/mol. The van der Waals surface area contributed by atoms with E-state index in [2.05, 4.69) is 95.7 Å². The van der Waals surface area contributed by atoms with E-state index >= 15 is 0 Å². The van der Waals surface area contributed by atoms with Crippen LogP contribution in [0.5, 0.6) is 0 Å². The summed E-state index contributed by atoms with van der Waals surface area (Å²) in [5.74, 6) is 0. The Labute approximate surface area is 128 Å². The van der Waals surface area contributed by atoms with Gasteiger partial charge in [0, 0.05) is 4.47 Å². The molecule has 0 fully saturated rings. The minimum Gasteiger partial charge on any atom is -0.0587 e. The Morgan fingerprint density at radius 2 is 0.800 bits per heavy atom. The fraction of sp³-hybridized carbons (Fsp3) is 0.0526. The molecular formula is C19H15Br. The van der Waals surface area contributed by atoms with Gasteiger partial charge in [-0.1, -0.05) is 82.2 Å². The Bertz CT molecular complexity index is 628. The van der Waals surface area contributed by atoms with Gasteiger partial charge in [-0.25, -0.2) is 0 Å². The molecule has 0 saturated heterocycles. The van der Waals surface area contributed by atoms with Crippen LogP contribution in [-0.2, 0) is 0 Å². The molecule has 0 nitrogen and oxygen atoms in total. The highest BCUT2D eigenvalue weighted by atomic mass is 79.9. The van der Waals surface area contributed by atoms with Gasteiger partial charge in [0.15, 0.2) is 0 Å². The van der Waals surface area contributed by atoms with E-state index in [1.54, 1.807) is 0 Å². The first-order chi connectivity index (χ1) is 9.72. The van der Waals surface area contributed by atoms with Crippen LogP contribution in [0.25, 0.3) is 22.3 Å². The standard InChI is InChI=1S/C19H15Br/c1-14-2-4-15(5-3-14)16-6-8-17(9-7-16)18-10-12-19(20)13-11-18/h2-13H,1H3. The van der Waals surface area contributed by atoms with Gasteiger partial charge in [0.2, 0.25) is 0 Å². The molecule has 0 aliphatic heterocycles. The topological polar surface area (TPSA) is 0 Å². The average molecular weight is 323 g/mol. The summed E-state index contributed by atoms with van der Waals surface area (Å²) in [6, 6.07) is 25.8. The molecule has 0 bridgehead atoms. The van der Waals surface area contributed by atoms with Gasteiger partial charge in [-0.2, -0.15) is 0 Å². The van der Waals surface area contributed by atoms with Crippen molar-refractivity contribution >= 4 is 15.9 Å². The van der Waals surface area contributed by atoms with Crippen LogP contribution in [0.4, 0.5) is 0 Å². The summed E-state index contributed by atoms with van der Waals surface area (Å²) in [5.41, 5.74) is 6.29. The van der Waals surface area contributed by atoms with Crippen molar-refractivity contribution in [2.24, 2.45) is 0 Å². The zero-order chi connectivity index (χ0) is 13.9. The van der Waals surface area contributed by atoms with Gasteiger partial charge < -0.3 is 0 Å². The summed E-state index contributed by atoms with van der Waals surface area (Å²) in [4.78, 5) is 0. The summed E-state index contributed by atoms with van der Waals surface area (Å²) in [6.07, 6.45) is 0. The molecule has 0 aliphatic rings. The van der Waals surface area contributed by atoms with Crippen molar-refractivity contribution in [1.29, 1.82) is 0 Å². The minimum absolute atomic E-state index is 1.11. The number of hydrogen-bond donors (Lipinski definition) is 0. The zero-order valence-electron chi connectivity index (χ0n) is 11.3. The smallest absolute Gasteiger partial charge is 0.0175 e. The van der Waals surface area contributed by atoms with Crippen molar-refractivity contribution in [3.8, 4) is 22.3 Å². The van der Waals surface area contributed by atoms with E-state index in [4.69, 9.17) is 0 Å². The van der Waals surface area contributed by atoms with E-state index in [1.807, 2.05) is 0 Å². The Balaban J connectivity index is 1.91. The first-order valence-corrected chi connectivity index (χ1v) is 7.45. The van der Waals surface area contributed by atoms with Crippen molar-refractivity contribution in [3.05, 3.63) is 82.8 Å². The lowest BCUT2D eigenvalue weighted by atomic mass is 10.00. The third kappa shape index (κ3) is 2.83. The largest absolute Gasteiger partial charge is 0.0587 e. The Morgan fingerprint density at radius 1 is 0.500 bits per heavy atom. The third-order valence-electron chi connectivity index (χ3n) is 3.45. The summed E-state index contributed by atoms with van der Waals surface area (Å²) in [7, 11) is 0. The van der Waals surface area contributed by atoms with Crippen LogP contribution in [0, 0.1) is 6.92 Å². The number of rotatable bonds is 2. The molecule has 0 N–H and O–H groups in total. The molecule has 0 radical (unpaired) electrons. The van der Waals surface area contributed by atoms with Crippen LogP contribution in [0.3, 0.4) is 0 Å². The van der Waals surface area contributed by atoms with Crippen LogP contribution in [-0.4, -0.2) is 0 Å². The van der Waals surface area contributed by atoms with Gasteiger partial charge >= 0.3 is 0 Å². The predicted octanol–water partition coefficient (Wildman–Crippen LogP) is 6.09. The molecule has 3 aromatic rings. The molecule has 0 heterocycles. The highest BCUT2D eigenvalue weighted by Crippen LogP contribution is 2.26. The SMILES string of the molecule is Cc1ccc(-c2ccc(-c3ccc(Br)cc3)cc2)cc1. The molecule has 0 unspecified atom stereocenters. The highest BCUT2D eigenvalue weighted by molar-refractivity contribution is 9.10. The lowest BCUT2D eigenvalue weighted by Crippen LogP contribution is -1.81. The van der Waals surface area contributed by atoms with E-state index in [0.717, 1.165) is 4.47 Å². The highest BCUT2D eigenvalue weighted by Gasteiger charge is 2.00. The molecule has 0 amide bonds. The Hall–Kier alpha value is -1.86. The monoisotopic (exact) mass is 322 g/mol. The van der Waals surface area contributed by atoms with Crippen LogP contribution in [0.15, 0.2) is 77.3 Å². The molecule has 0 atom stereocenters. The van der Waals surface area contributed by atoms with Crippen LogP contribution < -0.4 is 0 Å². The van der Waals surface area contributed by atoms with Gasteiger partial charge in [0.1, 0.15) is 0 Å². The maximum atomic E-state index is 3.47. The number of hydrogen-bond acceptors (Lipinski definition) is 0. The average Bonchev–Trinajstić information content (AvgIpc) is 2.49. The number of benzene rings is 3. The lowest BCUT2D eigenvalue weighted by Gasteiger charge is -2.05. The molecule has 98 valence electrons. The van der Waals surface area contributed by atoms with Gasteiger partial charge in [0.25, 0.3) is 0 Å². The van der Waals surface area contributed by atoms with Crippen molar-refractivity contribution in [3.63, 3.8) is 0 Å². The van der Waals surface area contributed by atoms with Crippen LogP contribution in [0.1, 0.15) is 5.56 Å². The first-order valence-electron chi connectivity index (χ1n) is 6.65. The summed E-state index contributed by atoms with van der Waals surface area (Å²) < 4.78 is 1.11. The van der Waals surface area contributed by atoms with E-state index in [9.17, 15) is 0 Å². The molecule has 3 aromatic carbocycles. The maximum absolute atomic E-state index is 3.47. The third-order valence-corrected chi connectivity index (χ3v) is 3.98. The molecule has 0 spiro atoms. The quantitative estimate of drug-likeness (QED) is 0.535. The number of aryl methyl sites for hydroxylation is 1. The second-order valence-corrected chi connectivity index (χ2v) is 5.87. The second kappa shape index (κ2) is 5.64. The fourth-order valence-corrected chi connectivity index (χ4v) is 2.51. The lowest BCUT2D eigenvalue weighted by molar-refractivity contribution is 1.47. The number of halogens is 1. The second-order valence-electron chi connectivity index (χ2n) is 4.95. The molecule has 0 aliphatic carbocycles. The van der Waals surface area contributed by atoms with Crippen molar-refractivity contribution in [2.45, 2.75) is 6.92 Å². The van der Waals surface area contributed by atoms with E-state index < -0.39 is 0 Å². The Morgan fingerprint density at radius 3 is 1.20 bits per heavy atom. The maximum Gasteiger partial charge on any atom is 0.0175 e. The Kier molecular flexibility index (Phi) is 3.70. The summed E-state index contributed by atoms with van der Waals surface area (Å²) in [5, 5.41) is 0. The van der Waals surface area contributed by atoms with Gasteiger partial charge in [-0.05, 0) is 41.3 Å². The molecule has 3 rings (SSSR count). The summed E-state index contributed by atoms with van der Waals surface area (Å²) in [6.45, 7) is 2.11. The van der Waals surface area contributed by atoms with E-state index in [1.165, 1.54) is 27.8 Å².